The number of hydrogen-bond donors (Lipinski definition) is 1. The molecule has 1 N–H and O–H groups in total. The Kier molecular flexibility index (Phi) is 3.14. The second-order valence-electron chi connectivity index (χ2n) is 5.10. The minimum absolute atomic E-state index is 0.0495. The van der Waals surface area contributed by atoms with Crippen LogP contribution >= 0.6 is 0 Å². The van der Waals surface area contributed by atoms with Crippen molar-refractivity contribution in [3.8, 4) is 0 Å². The van der Waals surface area contributed by atoms with E-state index in [9.17, 15) is 9.59 Å². The number of pyridine rings is 1. The van der Waals surface area contributed by atoms with Gasteiger partial charge in [0, 0.05) is 31.9 Å². The van der Waals surface area contributed by atoms with Crippen molar-refractivity contribution < 1.29 is 14.7 Å². The van der Waals surface area contributed by atoms with E-state index >= 15 is 0 Å². The highest BCUT2D eigenvalue weighted by molar-refractivity contribution is 5.93. The number of fused-ring (bicyclic) bond motifs is 1. The first-order chi connectivity index (χ1) is 9.63. The fraction of sp³-hybridized carbons (Fsp3) is 0.357. The van der Waals surface area contributed by atoms with Crippen LogP contribution in [0.2, 0.25) is 0 Å². The number of hydrogen-bond acceptors (Lipinski definition) is 3. The molecule has 1 saturated heterocycles. The van der Waals surface area contributed by atoms with Crippen LogP contribution in [-0.2, 0) is 4.79 Å². The molecule has 2 aromatic heterocycles. The number of carboxylic acid groups (broad SMARTS) is 1. The molecule has 0 spiro atoms. The Balaban J connectivity index is 1.74. The predicted molar refractivity (Wildman–Crippen MR) is 71.5 cm³/mol. The molecule has 1 amide bonds. The van der Waals surface area contributed by atoms with Gasteiger partial charge in [0.15, 0.2) is 0 Å². The van der Waals surface area contributed by atoms with Crippen LogP contribution in [-0.4, -0.2) is 44.4 Å². The highest BCUT2D eigenvalue weighted by atomic mass is 16.4. The zero-order valence-corrected chi connectivity index (χ0v) is 10.9. The van der Waals surface area contributed by atoms with Crippen molar-refractivity contribution in [3.05, 3.63) is 36.3 Å². The van der Waals surface area contributed by atoms with Crippen molar-refractivity contribution in [3.63, 3.8) is 0 Å². The van der Waals surface area contributed by atoms with Crippen molar-refractivity contribution in [1.82, 2.24) is 14.3 Å². The fourth-order valence-corrected chi connectivity index (χ4v) is 2.63. The summed E-state index contributed by atoms with van der Waals surface area (Å²) in [5, 5.41) is 8.79. The molecule has 0 saturated carbocycles. The van der Waals surface area contributed by atoms with Crippen LogP contribution in [0.3, 0.4) is 0 Å². The molecule has 1 aliphatic heterocycles. The molecule has 2 aromatic rings. The number of aromatic nitrogens is 2. The molecule has 1 aliphatic rings. The number of carbonyl (C=O) groups is 2. The minimum Gasteiger partial charge on any atom is -0.481 e. The summed E-state index contributed by atoms with van der Waals surface area (Å²) >= 11 is 0. The molecular formula is C14H15N3O3. The molecule has 0 bridgehead atoms. The smallest absolute Gasteiger partial charge is 0.303 e. The fourth-order valence-electron chi connectivity index (χ4n) is 2.63. The molecule has 3 heterocycles. The molecule has 20 heavy (non-hydrogen) atoms. The Morgan fingerprint density at radius 2 is 2.25 bits per heavy atom. The lowest BCUT2D eigenvalue weighted by atomic mass is 10.1. The maximum Gasteiger partial charge on any atom is 0.303 e. The van der Waals surface area contributed by atoms with Crippen LogP contribution < -0.4 is 0 Å². The first-order valence-electron chi connectivity index (χ1n) is 6.58. The van der Waals surface area contributed by atoms with E-state index in [2.05, 4.69) is 4.98 Å². The standard InChI is InChI=1S/C14H15N3O3/c18-13(19)7-10-4-6-17(8-10)14(20)11-9-16-5-2-1-3-12(16)15-11/h1-3,5,9-10H,4,6-8H2,(H,18,19). The van der Waals surface area contributed by atoms with Gasteiger partial charge in [-0.1, -0.05) is 6.07 Å². The highest BCUT2D eigenvalue weighted by Crippen LogP contribution is 2.21. The maximum absolute atomic E-state index is 12.4. The SMILES string of the molecule is O=C(O)CC1CCN(C(=O)c2cn3ccccc3n2)C1. The summed E-state index contributed by atoms with van der Waals surface area (Å²) in [5.41, 5.74) is 1.14. The second kappa shape index (κ2) is 4.96. The minimum atomic E-state index is -0.808. The lowest BCUT2D eigenvalue weighted by Gasteiger charge is -2.14. The summed E-state index contributed by atoms with van der Waals surface area (Å²) in [5.74, 6) is -0.882. The first-order valence-corrected chi connectivity index (χ1v) is 6.58. The quantitative estimate of drug-likeness (QED) is 0.913. The molecule has 3 rings (SSSR count). The first kappa shape index (κ1) is 12.7. The summed E-state index contributed by atoms with van der Waals surface area (Å²) in [6, 6.07) is 5.59. The Bertz CT molecular complexity index is 631. The zero-order valence-electron chi connectivity index (χ0n) is 10.9. The summed E-state index contributed by atoms with van der Waals surface area (Å²) in [7, 11) is 0. The average Bonchev–Trinajstić information content (AvgIpc) is 3.03. The van der Waals surface area contributed by atoms with Crippen LogP contribution in [0.4, 0.5) is 0 Å². The molecule has 1 atom stereocenters. The van der Waals surface area contributed by atoms with Gasteiger partial charge in [0.2, 0.25) is 0 Å². The van der Waals surface area contributed by atoms with E-state index in [0.717, 1.165) is 12.1 Å². The molecule has 104 valence electrons. The van der Waals surface area contributed by atoms with Gasteiger partial charge in [-0.15, -0.1) is 0 Å². The van der Waals surface area contributed by atoms with Gasteiger partial charge in [-0.25, -0.2) is 4.98 Å². The number of likely N-dealkylation sites (tertiary alicyclic amines) is 1. The summed E-state index contributed by atoms with van der Waals surface area (Å²) in [6.07, 6.45) is 4.42. The number of imidazole rings is 1. The largest absolute Gasteiger partial charge is 0.481 e. The molecule has 0 aliphatic carbocycles. The monoisotopic (exact) mass is 273 g/mol. The van der Waals surface area contributed by atoms with E-state index in [-0.39, 0.29) is 18.2 Å². The van der Waals surface area contributed by atoms with Crippen molar-refractivity contribution >= 4 is 17.5 Å². The zero-order chi connectivity index (χ0) is 14.1. The lowest BCUT2D eigenvalue weighted by molar-refractivity contribution is -0.138. The van der Waals surface area contributed by atoms with E-state index in [0.29, 0.717) is 18.8 Å². The molecule has 1 unspecified atom stereocenters. The van der Waals surface area contributed by atoms with Gasteiger partial charge in [-0.2, -0.15) is 0 Å². The van der Waals surface area contributed by atoms with Crippen molar-refractivity contribution in [1.29, 1.82) is 0 Å². The van der Waals surface area contributed by atoms with Crippen LogP contribution in [0.1, 0.15) is 23.3 Å². The lowest BCUT2D eigenvalue weighted by Crippen LogP contribution is -2.29. The van der Waals surface area contributed by atoms with E-state index in [1.807, 2.05) is 24.4 Å². The second-order valence-corrected chi connectivity index (χ2v) is 5.10. The highest BCUT2D eigenvalue weighted by Gasteiger charge is 2.29. The Labute approximate surface area is 115 Å². The third-order valence-electron chi connectivity index (χ3n) is 3.62. The topological polar surface area (TPSA) is 74.9 Å². The normalized spacial score (nSPS) is 18.6. The van der Waals surface area contributed by atoms with Crippen LogP contribution in [0.25, 0.3) is 5.65 Å². The molecular weight excluding hydrogens is 258 g/mol. The molecule has 6 nitrogen and oxygen atoms in total. The van der Waals surface area contributed by atoms with Gasteiger partial charge in [-0.3, -0.25) is 9.59 Å². The summed E-state index contributed by atoms with van der Waals surface area (Å²) in [4.78, 5) is 29.0. The third-order valence-corrected chi connectivity index (χ3v) is 3.62. The van der Waals surface area contributed by atoms with Gasteiger partial charge >= 0.3 is 5.97 Å². The number of nitrogens with zero attached hydrogens (tertiary/aromatic N) is 3. The number of aliphatic carboxylic acids is 1. The van der Waals surface area contributed by atoms with Gasteiger partial charge in [0.25, 0.3) is 5.91 Å². The average molecular weight is 273 g/mol. The van der Waals surface area contributed by atoms with E-state index < -0.39 is 5.97 Å². The third kappa shape index (κ3) is 2.36. The molecule has 1 fully saturated rings. The molecule has 0 aromatic carbocycles. The molecule has 6 heteroatoms. The number of carbonyl (C=O) groups excluding carboxylic acids is 1. The Morgan fingerprint density at radius 3 is 3.00 bits per heavy atom. The van der Waals surface area contributed by atoms with E-state index in [4.69, 9.17) is 5.11 Å². The van der Waals surface area contributed by atoms with Crippen LogP contribution in [0, 0.1) is 5.92 Å². The maximum atomic E-state index is 12.4. The number of rotatable bonds is 3. The van der Waals surface area contributed by atoms with Crippen molar-refractivity contribution in [2.24, 2.45) is 5.92 Å². The number of amides is 1. The summed E-state index contributed by atoms with van der Waals surface area (Å²) < 4.78 is 1.80. The van der Waals surface area contributed by atoms with E-state index in [1.165, 1.54) is 0 Å². The Hall–Kier alpha value is -2.37. The van der Waals surface area contributed by atoms with Crippen molar-refractivity contribution in [2.45, 2.75) is 12.8 Å². The summed E-state index contributed by atoms with van der Waals surface area (Å²) in [6.45, 7) is 1.10. The van der Waals surface area contributed by atoms with Gasteiger partial charge in [-0.05, 0) is 24.5 Å². The number of carboxylic acids is 1. The van der Waals surface area contributed by atoms with E-state index in [1.54, 1.807) is 15.5 Å². The van der Waals surface area contributed by atoms with Gasteiger partial charge < -0.3 is 14.4 Å². The Morgan fingerprint density at radius 1 is 1.40 bits per heavy atom. The molecule has 0 radical (unpaired) electrons. The van der Waals surface area contributed by atoms with Crippen LogP contribution in [0.15, 0.2) is 30.6 Å². The van der Waals surface area contributed by atoms with Gasteiger partial charge in [0.05, 0.1) is 0 Å². The predicted octanol–water partition coefficient (Wildman–Crippen LogP) is 1.27. The van der Waals surface area contributed by atoms with Gasteiger partial charge in [0.1, 0.15) is 11.3 Å². The van der Waals surface area contributed by atoms with Crippen LogP contribution in [0.5, 0.6) is 0 Å². The van der Waals surface area contributed by atoms with Crippen molar-refractivity contribution in [2.75, 3.05) is 13.1 Å².